The molecule has 6 heteroatoms. The normalized spacial score (nSPS) is 13.2. The zero-order chi connectivity index (χ0) is 15.0. The van der Waals surface area contributed by atoms with Crippen LogP contribution in [0.3, 0.4) is 0 Å². The van der Waals surface area contributed by atoms with Crippen LogP contribution in [0.4, 0.5) is 13.2 Å². The zero-order valence-corrected chi connectivity index (χ0v) is 12.5. The summed E-state index contributed by atoms with van der Waals surface area (Å²) in [6.45, 7) is 4.95. The SMILES string of the molecule is CCCNC(CSCC)c1cccc(OC(F)(F)F)c1. The van der Waals surface area contributed by atoms with Gasteiger partial charge in [-0.3, -0.25) is 0 Å². The molecule has 1 atom stereocenters. The van der Waals surface area contributed by atoms with Crippen LogP contribution in [0.15, 0.2) is 24.3 Å². The summed E-state index contributed by atoms with van der Waals surface area (Å²) < 4.78 is 40.7. The van der Waals surface area contributed by atoms with Gasteiger partial charge in [-0.25, -0.2) is 0 Å². The van der Waals surface area contributed by atoms with Crippen LogP contribution in [0.5, 0.6) is 5.75 Å². The molecular formula is C14H20F3NOS. The lowest BCUT2D eigenvalue weighted by Gasteiger charge is -2.19. The zero-order valence-electron chi connectivity index (χ0n) is 11.7. The second-order valence-corrected chi connectivity index (χ2v) is 5.61. The number of hydrogen-bond donors (Lipinski definition) is 1. The Morgan fingerprint density at radius 3 is 2.65 bits per heavy atom. The Balaban J connectivity index is 2.81. The third-order valence-electron chi connectivity index (χ3n) is 2.62. The first-order valence-corrected chi connectivity index (χ1v) is 7.78. The summed E-state index contributed by atoms with van der Waals surface area (Å²) in [4.78, 5) is 0. The van der Waals surface area contributed by atoms with Crippen LogP contribution in [-0.2, 0) is 0 Å². The minimum atomic E-state index is -4.65. The maximum Gasteiger partial charge on any atom is 0.573 e. The molecule has 0 aliphatic heterocycles. The minimum absolute atomic E-state index is 0.0386. The van der Waals surface area contributed by atoms with Crippen LogP contribution in [-0.4, -0.2) is 24.4 Å². The molecule has 1 N–H and O–H groups in total. The molecule has 0 amide bonds. The van der Waals surface area contributed by atoms with Crippen LogP contribution >= 0.6 is 11.8 Å². The van der Waals surface area contributed by atoms with Gasteiger partial charge in [-0.1, -0.05) is 26.0 Å². The number of rotatable bonds is 8. The summed E-state index contributed by atoms with van der Waals surface area (Å²) in [5.41, 5.74) is 0.821. The molecule has 0 aliphatic carbocycles. The number of hydrogen-bond acceptors (Lipinski definition) is 3. The van der Waals surface area contributed by atoms with E-state index >= 15 is 0 Å². The van der Waals surface area contributed by atoms with Crippen molar-refractivity contribution in [3.05, 3.63) is 29.8 Å². The van der Waals surface area contributed by atoms with E-state index < -0.39 is 6.36 Å². The van der Waals surface area contributed by atoms with Crippen molar-refractivity contribution in [1.82, 2.24) is 5.32 Å². The molecule has 0 heterocycles. The molecule has 0 bridgehead atoms. The Kier molecular flexibility index (Phi) is 7.23. The molecule has 114 valence electrons. The highest BCUT2D eigenvalue weighted by Crippen LogP contribution is 2.26. The fourth-order valence-corrected chi connectivity index (χ4v) is 2.54. The Labute approximate surface area is 122 Å². The molecule has 1 rings (SSSR count). The van der Waals surface area contributed by atoms with E-state index in [0.29, 0.717) is 0 Å². The highest BCUT2D eigenvalue weighted by atomic mass is 32.2. The number of halogens is 3. The molecule has 1 aromatic carbocycles. The van der Waals surface area contributed by atoms with E-state index in [4.69, 9.17) is 0 Å². The molecular weight excluding hydrogens is 287 g/mol. The lowest BCUT2D eigenvalue weighted by atomic mass is 10.1. The van der Waals surface area contributed by atoms with Gasteiger partial charge in [0.15, 0.2) is 0 Å². The smallest absolute Gasteiger partial charge is 0.406 e. The maximum absolute atomic E-state index is 12.2. The molecule has 1 unspecified atom stereocenters. The second-order valence-electron chi connectivity index (χ2n) is 4.29. The molecule has 0 radical (unpaired) electrons. The molecule has 2 nitrogen and oxygen atoms in total. The van der Waals surface area contributed by atoms with Gasteiger partial charge in [0.1, 0.15) is 5.75 Å². The molecule has 0 fully saturated rings. The third-order valence-corrected chi connectivity index (χ3v) is 3.60. The van der Waals surface area contributed by atoms with Gasteiger partial charge in [0.25, 0.3) is 0 Å². The number of alkyl halides is 3. The summed E-state index contributed by atoms with van der Waals surface area (Å²) in [6, 6.07) is 6.23. The fraction of sp³-hybridized carbons (Fsp3) is 0.571. The first kappa shape index (κ1) is 17.2. The summed E-state index contributed by atoms with van der Waals surface area (Å²) >= 11 is 1.75. The van der Waals surface area contributed by atoms with E-state index in [1.54, 1.807) is 17.8 Å². The van der Waals surface area contributed by atoms with E-state index in [-0.39, 0.29) is 11.8 Å². The van der Waals surface area contributed by atoms with E-state index in [1.807, 2.05) is 6.07 Å². The molecule has 1 aromatic rings. The van der Waals surface area contributed by atoms with Crippen LogP contribution in [0.2, 0.25) is 0 Å². The van der Waals surface area contributed by atoms with Gasteiger partial charge >= 0.3 is 6.36 Å². The molecule has 20 heavy (non-hydrogen) atoms. The summed E-state index contributed by atoms with van der Waals surface area (Å²) in [7, 11) is 0. The van der Waals surface area contributed by atoms with Gasteiger partial charge in [0, 0.05) is 11.8 Å². The van der Waals surface area contributed by atoms with Gasteiger partial charge in [-0.15, -0.1) is 13.2 Å². The van der Waals surface area contributed by atoms with E-state index in [2.05, 4.69) is 23.9 Å². The van der Waals surface area contributed by atoms with Crippen molar-refractivity contribution in [3.63, 3.8) is 0 Å². The summed E-state index contributed by atoms with van der Waals surface area (Å²) in [6.07, 6.45) is -3.67. The van der Waals surface area contributed by atoms with Gasteiger partial charge in [0.05, 0.1) is 0 Å². The highest BCUT2D eigenvalue weighted by molar-refractivity contribution is 7.99. The lowest BCUT2D eigenvalue weighted by molar-refractivity contribution is -0.274. The van der Waals surface area contributed by atoms with Crippen LogP contribution in [0.1, 0.15) is 31.9 Å². The van der Waals surface area contributed by atoms with Crippen molar-refractivity contribution in [1.29, 1.82) is 0 Å². The van der Waals surface area contributed by atoms with Crippen molar-refractivity contribution in [2.24, 2.45) is 0 Å². The third kappa shape index (κ3) is 6.52. The van der Waals surface area contributed by atoms with Gasteiger partial charge < -0.3 is 10.1 Å². The van der Waals surface area contributed by atoms with Gasteiger partial charge in [-0.2, -0.15) is 11.8 Å². The Morgan fingerprint density at radius 2 is 2.05 bits per heavy atom. The maximum atomic E-state index is 12.2. The lowest BCUT2D eigenvalue weighted by Crippen LogP contribution is -2.24. The minimum Gasteiger partial charge on any atom is -0.406 e. The monoisotopic (exact) mass is 307 g/mol. The number of nitrogens with one attached hydrogen (secondary N) is 1. The van der Waals surface area contributed by atoms with Crippen LogP contribution < -0.4 is 10.1 Å². The number of ether oxygens (including phenoxy) is 1. The van der Waals surface area contributed by atoms with Crippen molar-refractivity contribution in [2.45, 2.75) is 32.7 Å². The summed E-state index contributed by atoms with van der Waals surface area (Å²) in [5, 5.41) is 3.35. The number of benzene rings is 1. The quantitative estimate of drug-likeness (QED) is 0.770. The largest absolute Gasteiger partial charge is 0.573 e. The first-order chi connectivity index (χ1) is 9.46. The van der Waals surface area contributed by atoms with Gasteiger partial charge in [-0.05, 0) is 36.4 Å². The van der Waals surface area contributed by atoms with Gasteiger partial charge in [0.2, 0.25) is 0 Å². The average Bonchev–Trinajstić information content (AvgIpc) is 2.37. The molecule has 0 saturated carbocycles. The van der Waals surface area contributed by atoms with E-state index in [0.717, 1.165) is 30.0 Å². The Hall–Kier alpha value is -0.880. The Bertz CT molecular complexity index is 390. The molecule has 0 aromatic heterocycles. The predicted octanol–water partition coefficient (Wildman–Crippen LogP) is 4.38. The first-order valence-electron chi connectivity index (χ1n) is 6.63. The highest BCUT2D eigenvalue weighted by Gasteiger charge is 2.31. The fourth-order valence-electron chi connectivity index (χ4n) is 1.76. The Morgan fingerprint density at radius 1 is 1.30 bits per heavy atom. The number of thioether (sulfide) groups is 1. The topological polar surface area (TPSA) is 21.3 Å². The standard InChI is InChI=1S/C14H20F3NOS/c1-3-8-18-13(10-20-4-2)11-6-5-7-12(9-11)19-14(15,16)17/h5-7,9,13,18H,3-4,8,10H2,1-2H3. The average molecular weight is 307 g/mol. The molecule has 0 saturated heterocycles. The van der Waals surface area contributed by atoms with Crippen LogP contribution in [0, 0.1) is 0 Å². The second kappa shape index (κ2) is 8.42. The van der Waals surface area contributed by atoms with Crippen molar-refractivity contribution in [2.75, 3.05) is 18.1 Å². The summed E-state index contributed by atoms with van der Waals surface area (Å²) in [5.74, 6) is 1.63. The molecule has 0 aliphatic rings. The van der Waals surface area contributed by atoms with E-state index in [1.165, 1.54) is 12.1 Å². The van der Waals surface area contributed by atoms with Crippen molar-refractivity contribution in [3.8, 4) is 5.75 Å². The van der Waals surface area contributed by atoms with Crippen molar-refractivity contribution < 1.29 is 17.9 Å². The van der Waals surface area contributed by atoms with E-state index in [9.17, 15) is 13.2 Å². The van der Waals surface area contributed by atoms with Crippen molar-refractivity contribution >= 4 is 11.8 Å². The van der Waals surface area contributed by atoms with Crippen LogP contribution in [0.25, 0.3) is 0 Å². The molecule has 0 spiro atoms. The predicted molar refractivity (Wildman–Crippen MR) is 77.2 cm³/mol.